The topological polar surface area (TPSA) is 50.4 Å². The Labute approximate surface area is 181 Å². The summed E-state index contributed by atoms with van der Waals surface area (Å²) in [4.78, 5) is 13.4. The number of thiocarbonyl (C=S) groups is 1. The van der Waals surface area contributed by atoms with Crippen molar-refractivity contribution in [2.75, 3.05) is 12.4 Å². The molecule has 4 aliphatic carbocycles. The van der Waals surface area contributed by atoms with Crippen molar-refractivity contribution < 1.29 is 9.53 Å². The van der Waals surface area contributed by atoms with Crippen LogP contribution in [0.5, 0.6) is 0 Å². The number of hydrogen-bond acceptors (Lipinski definition) is 4. The molecular weight excluding hydrogens is 400 g/mol. The summed E-state index contributed by atoms with van der Waals surface area (Å²) < 4.78 is 5.01. The van der Waals surface area contributed by atoms with Gasteiger partial charge in [0.25, 0.3) is 0 Å². The number of carbonyl (C=O) groups is 1. The van der Waals surface area contributed by atoms with Crippen molar-refractivity contribution in [1.82, 2.24) is 5.32 Å². The highest BCUT2D eigenvalue weighted by Crippen LogP contribution is 2.55. The van der Waals surface area contributed by atoms with E-state index in [-0.39, 0.29) is 11.5 Å². The number of ether oxygens (including phenoxy) is 1. The summed E-state index contributed by atoms with van der Waals surface area (Å²) in [6, 6.07) is 12.0. The first-order chi connectivity index (χ1) is 14.0. The summed E-state index contributed by atoms with van der Waals surface area (Å²) in [5.74, 6) is 2.22. The van der Waals surface area contributed by atoms with Gasteiger partial charge in [0.2, 0.25) is 0 Å². The zero-order valence-electron chi connectivity index (χ0n) is 16.6. The van der Waals surface area contributed by atoms with Gasteiger partial charge in [-0.15, -0.1) is 11.3 Å². The Hall–Kier alpha value is -1.92. The number of methoxy groups -OCH3 is 1. The molecule has 0 amide bonds. The predicted octanol–water partition coefficient (Wildman–Crippen LogP) is 5.46. The maximum Gasteiger partial charge on any atom is 0.340 e. The van der Waals surface area contributed by atoms with Gasteiger partial charge in [-0.3, -0.25) is 0 Å². The molecule has 2 aromatic rings. The van der Waals surface area contributed by atoms with Crippen LogP contribution in [0.2, 0.25) is 0 Å². The molecule has 6 heteroatoms. The Morgan fingerprint density at radius 1 is 1.10 bits per heavy atom. The van der Waals surface area contributed by atoms with Crippen LogP contribution in [-0.2, 0) is 4.74 Å². The molecule has 6 rings (SSSR count). The minimum absolute atomic E-state index is 0.143. The van der Waals surface area contributed by atoms with E-state index in [0.29, 0.717) is 10.7 Å². The first-order valence-electron chi connectivity index (χ1n) is 10.4. The van der Waals surface area contributed by atoms with Crippen LogP contribution >= 0.6 is 23.6 Å². The smallest absolute Gasteiger partial charge is 0.340 e. The summed E-state index contributed by atoms with van der Waals surface area (Å²) in [5.41, 5.74) is 1.76. The Morgan fingerprint density at radius 3 is 2.31 bits per heavy atom. The highest BCUT2D eigenvalue weighted by molar-refractivity contribution is 7.80. The number of carbonyl (C=O) groups excluding carboxylic acids is 1. The minimum Gasteiger partial charge on any atom is -0.465 e. The van der Waals surface area contributed by atoms with Gasteiger partial charge in [0.1, 0.15) is 5.00 Å². The lowest BCUT2D eigenvalue weighted by Gasteiger charge is -2.57. The third kappa shape index (κ3) is 3.68. The number of nitrogens with one attached hydrogen (secondary N) is 2. The number of esters is 1. The van der Waals surface area contributed by atoms with Crippen LogP contribution in [0.1, 0.15) is 48.9 Å². The molecule has 29 heavy (non-hydrogen) atoms. The highest BCUT2D eigenvalue weighted by Gasteiger charge is 2.51. The maximum atomic E-state index is 12.4. The van der Waals surface area contributed by atoms with Crippen molar-refractivity contribution in [3.63, 3.8) is 0 Å². The molecule has 0 spiro atoms. The Kier molecular flexibility index (Phi) is 4.87. The van der Waals surface area contributed by atoms with E-state index in [2.05, 4.69) is 10.6 Å². The van der Waals surface area contributed by atoms with Crippen molar-refractivity contribution in [2.24, 2.45) is 17.8 Å². The molecule has 152 valence electrons. The van der Waals surface area contributed by atoms with E-state index >= 15 is 0 Å². The average Bonchev–Trinajstić information content (AvgIpc) is 3.10. The molecule has 4 nitrogen and oxygen atoms in total. The van der Waals surface area contributed by atoms with E-state index in [1.165, 1.54) is 57.0 Å². The summed E-state index contributed by atoms with van der Waals surface area (Å²) in [7, 11) is 1.41. The lowest BCUT2D eigenvalue weighted by molar-refractivity contribution is -0.00972. The summed E-state index contributed by atoms with van der Waals surface area (Å²) >= 11 is 7.25. The molecule has 4 saturated carbocycles. The number of anilines is 1. The second-order valence-electron chi connectivity index (χ2n) is 8.99. The highest BCUT2D eigenvalue weighted by atomic mass is 32.1. The number of rotatable bonds is 4. The van der Waals surface area contributed by atoms with Crippen molar-refractivity contribution in [3.05, 3.63) is 42.0 Å². The first kappa shape index (κ1) is 19.1. The normalized spacial score (nSPS) is 29.5. The van der Waals surface area contributed by atoms with E-state index in [4.69, 9.17) is 17.0 Å². The second-order valence-corrected chi connectivity index (χ2v) is 10.4. The molecule has 4 fully saturated rings. The van der Waals surface area contributed by atoms with Gasteiger partial charge in [-0.05, 0) is 80.1 Å². The van der Waals surface area contributed by atoms with Gasteiger partial charge in [-0.2, -0.15) is 0 Å². The molecule has 1 heterocycles. The van der Waals surface area contributed by atoms with Crippen molar-refractivity contribution in [3.8, 4) is 10.4 Å². The third-order valence-electron chi connectivity index (χ3n) is 6.84. The monoisotopic (exact) mass is 426 g/mol. The quantitative estimate of drug-likeness (QED) is 0.502. The van der Waals surface area contributed by atoms with E-state index in [9.17, 15) is 4.79 Å². The molecule has 0 aliphatic heterocycles. The molecule has 1 aromatic heterocycles. The summed E-state index contributed by atoms with van der Waals surface area (Å²) in [6.07, 6.45) is 7.88. The lowest BCUT2D eigenvalue weighted by atomic mass is 9.53. The van der Waals surface area contributed by atoms with Gasteiger partial charge in [0.15, 0.2) is 5.11 Å². The second kappa shape index (κ2) is 7.40. The van der Waals surface area contributed by atoms with Gasteiger partial charge in [0.05, 0.1) is 12.7 Å². The van der Waals surface area contributed by atoms with Crippen LogP contribution in [0.25, 0.3) is 10.4 Å². The van der Waals surface area contributed by atoms with Crippen molar-refractivity contribution >= 4 is 39.6 Å². The standard InChI is InChI=1S/C23H26N2O2S2/c1-27-21(26)18-10-19(17-5-3-2-4-6-17)29-20(18)24-22(28)25-23-11-14-7-15(12-23)9-16(8-14)13-23/h2-6,10,14-16H,7-9,11-13H2,1H3,(H2,24,25,28). The van der Waals surface area contributed by atoms with Gasteiger partial charge in [-0.25, -0.2) is 4.79 Å². The summed E-state index contributed by atoms with van der Waals surface area (Å²) in [6.45, 7) is 0. The predicted molar refractivity (Wildman–Crippen MR) is 121 cm³/mol. The van der Waals surface area contributed by atoms with Crippen molar-refractivity contribution in [2.45, 2.75) is 44.1 Å². The Morgan fingerprint density at radius 2 is 1.72 bits per heavy atom. The van der Waals surface area contributed by atoms with Crippen LogP contribution in [0.15, 0.2) is 36.4 Å². The van der Waals surface area contributed by atoms with Crippen LogP contribution in [-0.4, -0.2) is 23.7 Å². The molecule has 4 bridgehead atoms. The number of thiophene rings is 1. The molecule has 4 aliphatic rings. The molecule has 1 aromatic carbocycles. The van der Waals surface area contributed by atoms with E-state index in [0.717, 1.165) is 33.2 Å². The van der Waals surface area contributed by atoms with Crippen molar-refractivity contribution in [1.29, 1.82) is 0 Å². The molecule has 2 N–H and O–H groups in total. The van der Waals surface area contributed by atoms with E-state index in [1.807, 2.05) is 36.4 Å². The Bertz CT molecular complexity index is 902. The van der Waals surface area contributed by atoms with Crippen LogP contribution in [0.3, 0.4) is 0 Å². The molecule has 0 atom stereocenters. The zero-order valence-corrected chi connectivity index (χ0v) is 18.2. The first-order valence-corrected chi connectivity index (χ1v) is 11.6. The van der Waals surface area contributed by atoms with E-state index < -0.39 is 0 Å². The van der Waals surface area contributed by atoms with Crippen LogP contribution in [0, 0.1) is 17.8 Å². The molecular formula is C23H26N2O2S2. The molecule has 0 saturated heterocycles. The van der Waals surface area contributed by atoms with Crippen LogP contribution < -0.4 is 10.6 Å². The molecule has 0 radical (unpaired) electrons. The SMILES string of the molecule is COC(=O)c1cc(-c2ccccc2)sc1NC(=S)NC12CC3CC(CC(C3)C1)C2. The van der Waals surface area contributed by atoms with Gasteiger partial charge in [0, 0.05) is 10.4 Å². The number of hydrogen-bond donors (Lipinski definition) is 2. The Balaban J connectivity index is 1.36. The maximum absolute atomic E-state index is 12.4. The number of benzene rings is 1. The van der Waals surface area contributed by atoms with Gasteiger partial charge >= 0.3 is 5.97 Å². The van der Waals surface area contributed by atoms with Crippen LogP contribution in [0.4, 0.5) is 5.00 Å². The lowest BCUT2D eigenvalue weighted by Crippen LogP contribution is -2.60. The summed E-state index contributed by atoms with van der Waals surface area (Å²) in [5, 5.41) is 8.38. The largest absolute Gasteiger partial charge is 0.465 e. The van der Waals surface area contributed by atoms with Gasteiger partial charge < -0.3 is 15.4 Å². The third-order valence-corrected chi connectivity index (χ3v) is 8.14. The fraction of sp³-hybridized carbons (Fsp3) is 0.478. The van der Waals surface area contributed by atoms with Gasteiger partial charge in [-0.1, -0.05) is 30.3 Å². The fourth-order valence-electron chi connectivity index (χ4n) is 6.13. The molecule has 0 unspecified atom stereocenters. The zero-order chi connectivity index (χ0) is 20.0. The average molecular weight is 427 g/mol. The van der Waals surface area contributed by atoms with E-state index in [1.54, 1.807) is 0 Å². The fourth-order valence-corrected chi connectivity index (χ4v) is 7.57. The minimum atomic E-state index is -0.344.